The van der Waals surface area contributed by atoms with Crippen LogP contribution in [0.2, 0.25) is 0 Å². The van der Waals surface area contributed by atoms with Crippen molar-refractivity contribution in [3.05, 3.63) is 0 Å². The molecule has 0 saturated heterocycles. The molecule has 0 aromatic heterocycles. The molecule has 0 aliphatic rings. The van der Waals surface area contributed by atoms with Crippen LogP contribution in [0.15, 0.2) is 0 Å². The maximum absolute atomic E-state index is 8.65. The van der Waals surface area contributed by atoms with Gasteiger partial charge in [0.05, 0.1) is 99.1 Å². The fraction of sp³-hybridized carbons (Fsp3) is 1.00. The van der Waals surface area contributed by atoms with Crippen LogP contribution in [-0.2, 0) is 28.4 Å². The zero-order valence-electron chi connectivity index (χ0n) is 15.9. The second kappa shape index (κ2) is 19.4. The van der Waals surface area contributed by atoms with Crippen LogP contribution < -0.4 is 0 Å². The summed E-state index contributed by atoms with van der Waals surface area (Å²) >= 11 is 0. The van der Waals surface area contributed by atoms with Crippen molar-refractivity contribution in [3.63, 3.8) is 0 Å². The van der Waals surface area contributed by atoms with Crippen molar-refractivity contribution in [2.24, 2.45) is 5.41 Å². The summed E-state index contributed by atoms with van der Waals surface area (Å²) in [5, 5.41) is 26.0. The van der Waals surface area contributed by atoms with E-state index in [4.69, 9.17) is 43.7 Å². The molecule has 0 unspecified atom stereocenters. The number of aliphatic hydroxyl groups excluding tert-OH is 3. The molecule has 0 rings (SSSR count). The molecule has 158 valence electrons. The molecule has 0 amide bonds. The third-order valence-corrected chi connectivity index (χ3v) is 3.17. The summed E-state index contributed by atoms with van der Waals surface area (Å²) in [5.74, 6) is 0. The molecule has 0 aromatic carbocycles. The quantitative estimate of drug-likeness (QED) is 0.216. The first kappa shape index (κ1) is 25.6. The Labute approximate surface area is 156 Å². The molecule has 0 heterocycles. The third kappa shape index (κ3) is 17.1. The first-order valence-electron chi connectivity index (χ1n) is 8.97. The average molecular weight is 384 g/mol. The Kier molecular flexibility index (Phi) is 19.1. The van der Waals surface area contributed by atoms with Gasteiger partial charge in [-0.1, -0.05) is 6.92 Å². The van der Waals surface area contributed by atoms with E-state index in [0.717, 1.165) is 0 Å². The van der Waals surface area contributed by atoms with Gasteiger partial charge in [0.25, 0.3) is 0 Å². The van der Waals surface area contributed by atoms with Crippen LogP contribution in [0.3, 0.4) is 0 Å². The van der Waals surface area contributed by atoms with E-state index in [1.165, 1.54) is 0 Å². The molecule has 0 aromatic rings. The highest BCUT2D eigenvalue weighted by atomic mass is 16.5. The van der Waals surface area contributed by atoms with E-state index in [-0.39, 0.29) is 25.2 Å². The molecule has 0 radical (unpaired) electrons. The molecule has 9 nitrogen and oxygen atoms in total. The van der Waals surface area contributed by atoms with Crippen LogP contribution in [-0.4, -0.2) is 114 Å². The highest BCUT2D eigenvalue weighted by Crippen LogP contribution is 2.18. The van der Waals surface area contributed by atoms with Gasteiger partial charge in [-0.3, -0.25) is 0 Å². The Hall–Kier alpha value is -0.360. The van der Waals surface area contributed by atoms with E-state index in [9.17, 15) is 0 Å². The van der Waals surface area contributed by atoms with Gasteiger partial charge in [0, 0.05) is 5.41 Å². The zero-order valence-corrected chi connectivity index (χ0v) is 15.9. The predicted molar refractivity (Wildman–Crippen MR) is 94.3 cm³/mol. The highest BCUT2D eigenvalue weighted by molar-refractivity contribution is 4.73. The first-order valence-corrected chi connectivity index (χ1v) is 8.97. The maximum Gasteiger partial charge on any atom is 0.0701 e. The van der Waals surface area contributed by atoms with Gasteiger partial charge >= 0.3 is 0 Å². The summed E-state index contributed by atoms with van der Waals surface area (Å²) in [6, 6.07) is 0. The maximum atomic E-state index is 8.65. The molecule has 0 bridgehead atoms. The van der Waals surface area contributed by atoms with Crippen molar-refractivity contribution in [1.29, 1.82) is 0 Å². The minimum Gasteiger partial charge on any atom is -0.394 e. The number of rotatable bonds is 21. The van der Waals surface area contributed by atoms with Crippen LogP contribution in [0.5, 0.6) is 0 Å². The third-order valence-electron chi connectivity index (χ3n) is 3.17. The highest BCUT2D eigenvalue weighted by Gasteiger charge is 2.26. The fourth-order valence-electron chi connectivity index (χ4n) is 1.93. The number of ether oxygens (including phenoxy) is 6. The molecular formula is C17H36O9. The van der Waals surface area contributed by atoms with Crippen molar-refractivity contribution >= 4 is 0 Å². The molecule has 0 aliphatic carbocycles. The molecular weight excluding hydrogens is 348 g/mol. The van der Waals surface area contributed by atoms with E-state index in [1.54, 1.807) is 0 Å². The van der Waals surface area contributed by atoms with Crippen molar-refractivity contribution in [2.75, 3.05) is 99.1 Å². The monoisotopic (exact) mass is 384 g/mol. The van der Waals surface area contributed by atoms with Gasteiger partial charge in [0.1, 0.15) is 0 Å². The summed E-state index contributed by atoms with van der Waals surface area (Å²) < 4.78 is 32.4. The standard InChI is InChI=1S/C17H36O9/c1-17(14-24-11-8-21-5-2-18,15-25-12-9-22-6-3-19)16-26-13-10-23-7-4-20/h18-20H,2-16H2,1H3. The molecule has 0 aliphatic heterocycles. The van der Waals surface area contributed by atoms with Crippen molar-refractivity contribution in [1.82, 2.24) is 0 Å². The van der Waals surface area contributed by atoms with E-state index in [2.05, 4.69) is 0 Å². The largest absolute Gasteiger partial charge is 0.394 e. The molecule has 0 fully saturated rings. The van der Waals surface area contributed by atoms with Gasteiger partial charge in [-0.05, 0) is 0 Å². The molecule has 0 spiro atoms. The van der Waals surface area contributed by atoms with Gasteiger partial charge in [0.2, 0.25) is 0 Å². The lowest BCUT2D eigenvalue weighted by Gasteiger charge is -2.29. The molecule has 3 N–H and O–H groups in total. The van der Waals surface area contributed by atoms with Crippen molar-refractivity contribution in [3.8, 4) is 0 Å². The summed E-state index contributed by atoms with van der Waals surface area (Å²) in [7, 11) is 0. The second-order valence-electron chi connectivity index (χ2n) is 5.98. The van der Waals surface area contributed by atoms with Crippen LogP contribution in [0.1, 0.15) is 6.92 Å². The van der Waals surface area contributed by atoms with E-state index >= 15 is 0 Å². The Morgan fingerprint density at radius 3 is 1.00 bits per heavy atom. The number of hydrogen-bond donors (Lipinski definition) is 3. The van der Waals surface area contributed by atoms with Gasteiger partial charge in [-0.2, -0.15) is 0 Å². The Balaban J connectivity index is 4.02. The molecule has 0 saturated carbocycles. The molecule has 9 heteroatoms. The summed E-state index contributed by atoms with van der Waals surface area (Å²) in [6.07, 6.45) is 0. The van der Waals surface area contributed by atoms with Crippen LogP contribution in [0, 0.1) is 5.41 Å². The van der Waals surface area contributed by atoms with Crippen molar-refractivity contribution in [2.45, 2.75) is 6.92 Å². The minimum atomic E-state index is -0.342. The van der Waals surface area contributed by atoms with Crippen LogP contribution in [0.4, 0.5) is 0 Å². The van der Waals surface area contributed by atoms with Gasteiger partial charge in [-0.15, -0.1) is 0 Å². The zero-order chi connectivity index (χ0) is 19.3. The van der Waals surface area contributed by atoms with Gasteiger partial charge in [-0.25, -0.2) is 0 Å². The second-order valence-corrected chi connectivity index (χ2v) is 5.98. The molecule has 26 heavy (non-hydrogen) atoms. The average Bonchev–Trinajstić information content (AvgIpc) is 2.64. The predicted octanol–water partition coefficient (Wildman–Crippen LogP) is -0.931. The van der Waals surface area contributed by atoms with Gasteiger partial charge in [0.15, 0.2) is 0 Å². The topological polar surface area (TPSA) is 116 Å². The van der Waals surface area contributed by atoms with Crippen LogP contribution >= 0.6 is 0 Å². The summed E-state index contributed by atoms with van der Waals surface area (Å²) in [6.45, 7) is 6.73. The first-order chi connectivity index (χ1) is 12.7. The Bertz CT molecular complexity index is 238. The number of hydrogen-bond acceptors (Lipinski definition) is 9. The molecule has 0 atom stereocenters. The summed E-state index contributed by atoms with van der Waals surface area (Å²) in [5.41, 5.74) is -0.342. The van der Waals surface area contributed by atoms with E-state index in [0.29, 0.717) is 79.3 Å². The summed E-state index contributed by atoms with van der Waals surface area (Å²) in [4.78, 5) is 0. The minimum absolute atomic E-state index is 0.00387. The Morgan fingerprint density at radius 1 is 0.462 bits per heavy atom. The van der Waals surface area contributed by atoms with Crippen LogP contribution in [0.25, 0.3) is 0 Å². The van der Waals surface area contributed by atoms with E-state index in [1.807, 2.05) is 6.92 Å². The normalized spacial score (nSPS) is 12.0. The number of aliphatic hydroxyl groups is 3. The SMILES string of the molecule is CC(COCCOCCO)(COCCOCCO)COCCOCCO. The van der Waals surface area contributed by atoms with Crippen molar-refractivity contribution < 1.29 is 43.7 Å². The lowest BCUT2D eigenvalue weighted by molar-refractivity contribution is -0.0812. The van der Waals surface area contributed by atoms with Gasteiger partial charge < -0.3 is 43.7 Å². The van der Waals surface area contributed by atoms with E-state index < -0.39 is 0 Å². The lowest BCUT2D eigenvalue weighted by atomic mass is 9.94. The smallest absolute Gasteiger partial charge is 0.0701 e. The fourth-order valence-corrected chi connectivity index (χ4v) is 1.93. The Morgan fingerprint density at radius 2 is 0.731 bits per heavy atom. The lowest BCUT2D eigenvalue weighted by Crippen LogP contribution is -2.35.